The summed E-state index contributed by atoms with van der Waals surface area (Å²) in [5, 5.41) is 0. The summed E-state index contributed by atoms with van der Waals surface area (Å²) in [6.45, 7) is 8.73. The topological polar surface area (TPSA) is 61.0 Å². The number of rotatable bonds is 4. The molecule has 1 atom stereocenters. The highest BCUT2D eigenvalue weighted by atomic mass is 16.5. The molecule has 19 heavy (non-hydrogen) atoms. The Morgan fingerprint density at radius 3 is 2.32 bits per heavy atom. The van der Waals surface area contributed by atoms with Gasteiger partial charge in [-0.2, -0.15) is 0 Å². The second-order valence-corrected chi connectivity index (χ2v) is 5.66. The summed E-state index contributed by atoms with van der Waals surface area (Å²) in [5.74, 6) is 1.95. The van der Waals surface area contributed by atoms with Gasteiger partial charge in [0.05, 0.1) is 0 Å². The molecule has 1 aliphatic heterocycles. The van der Waals surface area contributed by atoms with Gasteiger partial charge in [0.25, 0.3) is 0 Å². The molecule has 1 aliphatic rings. The van der Waals surface area contributed by atoms with Crippen LogP contribution in [0.3, 0.4) is 0 Å². The monoisotopic (exact) mass is 263 g/mol. The zero-order valence-electron chi connectivity index (χ0n) is 12.3. The van der Waals surface area contributed by atoms with Crippen LogP contribution in [-0.2, 0) is 11.2 Å². The van der Waals surface area contributed by atoms with Crippen molar-refractivity contribution in [2.75, 3.05) is 19.8 Å². The van der Waals surface area contributed by atoms with Gasteiger partial charge in [0.1, 0.15) is 5.82 Å². The molecule has 0 saturated carbocycles. The number of nitrogens with zero attached hydrogens (tertiary/aromatic N) is 2. The largest absolute Gasteiger partial charge is 0.381 e. The summed E-state index contributed by atoms with van der Waals surface area (Å²) in [7, 11) is 0. The maximum atomic E-state index is 5.71. The summed E-state index contributed by atoms with van der Waals surface area (Å²) < 4.78 is 5.40. The fourth-order valence-electron chi connectivity index (χ4n) is 2.63. The van der Waals surface area contributed by atoms with Crippen LogP contribution in [0.1, 0.15) is 48.5 Å². The van der Waals surface area contributed by atoms with Gasteiger partial charge in [0.15, 0.2) is 0 Å². The summed E-state index contributed by atoms with van der Waals surface area (Å²) in [5.41, 5.74) is 9.22. The van der Waals surface area contributed by atoms with Gasteiger partial charge in [-0.3, -0.25) is 0 Å². The summed E-state index contributed by atoms with van der Waals surface area (Å²) >= 11 is 0. The van der Waals surface area contributed by atoms with Gasteiger partial charge in [-0.1, -0.05) is 6.92 Å². The number of hydrogen-bond acceptors (Lipinski definition) is 4. The minimum absolute atomic E-state index is 0.465. The van der Waals surface area contributed by atoms with E-state index in [0.29, 0.717) is 18.4 Å². The van der Waals surface area contributed by atoms with E-state index in [1.54, 1.807) is 0 Å². The lowest BCUT2D eigenvalue weighted by atomic mass is 9.96. The molecule has 2 N–H and O–H groups in total. The fraction of sp³-hybridized carbons (Fsp3) is 0.733. The normalized spacial score (nSPS) is 18.5. The fourth-order valence-corrected chi connectivity index (χ4v) is 2.63. The van der Waals surface area contributed by atoms with E-state index in [0.717, 1.165) is 49.7 Å². The SMILES string of the molecule is Cc1nc(C2CCOCC2)nc(C)c1CC(C)CN. The molecule has 2 rings (SSSR count). The smallest absolute Gasteiger partial charge is 0.132 e. The molecule has 0 aromatic carbocycles. The van der Waals surface area contributed by atoms with Crippen LogP contribution in [-0.4, -0.2) is 29.7 Å². The number of aryl methyl sites for hydroxylation is 2. The lowest BCUT2D eigenvalue weighted by molar-refractivity contribution is 0.0835. The van der Waals surface area contributed by atoms with Crippen molar-refractivity contribution in [2.24, 2.45) is 11.7 Å². The number of hydrogen-bond donors (Lipinski definition) is 1. The lowest BCUT2D eigenvalue weighted by Gasteiger charge is -2.22. The van der Waals surface area contributed by atoms with Crippen molar-refractivity contribution >= 4 is 0 Å². The zero-order chi connectivity index (χ0) is 13.8. The molecule has 1 aromatic rings. The van der Waals surface area contributed by atoms with Gasteiger partial charge < -0.3 is 10.5 Å². The van der Waals surface area contributed by atoms with E-state index >= 15 is 0 Å². The van der Waals surface area contributed by atoms with Crippen LogP contribution in [0.15, 0.2) is 0 Å². The highest BCUT2D eigenvalue weighted by Crippen LogP contribution is 2.26. The maximum absolute atomic E-state index is 5.71. The third kappa shape index (κ3) is 3.51. The molecule has 1 fully saturated rings. The first-order valence-electron chi connectivity index (χ1n) is 7.23. The van der Waals surface area contributed by atoms with Crippen molar-refractivity contribution in [3.63, 3.8) is 0 Å². The molecule has 0 bridgehead atoms. The van der Waals surface area contributed by atoms with Crippen LogP contribution >= 0.6 is 0 Å². The molecule has 2 heterocycles. The molecule has 1 aromatic heterocycles. The molecule has 0 radical (unpaired) electrons. The predicted molar refractivity (Wildman–Crippen MR) is 76.2 cm³/mol. The van der Waals surface area contributed by atoms with E-state index in [1.807, 2.05) is 0 Å². The van der Waals surface area contributed by atoms with Crippen molar-refractivity contribution < 1.29 is 4.74 Å². The van der Waals surface area contributed by atoms with Gasteiger partial charge in [-0.25, -0.2) is 9.97 Å². The molecule has 0 amide bonds. The van der Waals surface area contributed by atoms with Crippen LogP contribution in [0.5, 0.6) is 0 Å². The number of aromatic nitrogens is 2. The minimum atomic E-state index is 0.465. The number of nitrogens with two attached hydrogens (primary N) is 1. The Bertz CT molecular complexity index is 404. The Kier molecular flexibility index (Phi) is 4.88. The second kappa shape index (κ2) is 6.44. The molecular formula is C15H25N3O. The van der Waals surface area contributed by atoms with Crippen molar-refractivity contribution in [2.45, 2.75) is 46.0 Å². The van der Waals surface area contributed by atoms with Crippen molar-refractivity contribution in [3.8, 4) is 0 Å². The van der Waals surface area contributed by atoms with E-state index in [1.165, 1.54) is 5.56 Å². The Balaban J connectivity index is 2.20. The number of ether oxygens (including phenoxy) is 1. The van der Waals surface area contributed by atoms with E-state index in [-0.39, 0.29) is 0 Å². The molecule has 1 saturated heterocycles. The summed E-state index contributed by atoms with van der Waals surface area (Å²) in [6.07, 6.45) is 3.05. The van der Waals surface area contributed by atoms with E-state index in [2.05, 4.69) is 20.8 Å². The van der Waals surface area contributed by atoms with Crippen LogP contribution in [0.2, 0.25) is 0 Å². The quantitative estimate of drug-likeness (QED) is 0.904. The average Bonchev–Trinajstić information content (AvgIpc) is 2.43. The predicted octanol–water partition coefficient (Wildman–Crippen LogP) is 2.12. The third-order valence-electron chi connectivity index (χ3n) is 3.98. The van der Waals surface area contributed by atoms with Crippen molar-refractivity contribution in [1.29, 1.82) is 0 Å². The first-order valence-corrected chi connectivity index (χ1v) is 7.23. The van der Waals surface area contributed by atoms with Crippen LogP contribution in [0, 0.1) is 19.8 Å². The molecular weight excluding hydrogens is 238 g/mol. The van der Waals surface area contributed by atoms with Gasteiger partial charge in [-0.15, -0.1) is 0 Å². The van der Waals surface area contributed by atoms with Gasteiger partial charge in [0.2, 0.25) is 0 Å². The van der Waals surface area contributed by atoms with Gasteiger partial charge >= 0.3 is 0 Å². The Hall–Kier alpha value is -1.00. The van der Waals surface area contributed by atoms with Crippen molar-refractivity contribution in [1.82, 2.24) is 9.97 Å². The minimum Gasteiger partial charge on any atom is -0.381 e. The van der Waals surface area contributed by atoms with Gasteiger partial charge in [-0.05, 0) is 51.1 Å². The molecule has 4 heteroatoms. The molecule has 1 unspecified atom stereocenters. The van der Waals surface area contributed by atoms with Crippen LogP contribution in [0.25, 0.3) is 0 Å². The van der Waals surface area contributed by atoms with E-state index in [4.69, 9.17) is 20.4 Å². The third-order valence-corrected chi connectivity index (χ3v) is 3.98. The Morgan fingerprint density at radius 1 is 1.21 bits per heavy atom. The van der Waals surface area contributed by atoms with E-state index in [9.17, 15) is 0 Å². The van der Waals surface area contributed by atoms with Crippen LogP contribution in [0.4, 0.5) is 0 Å². The van der Waals surface area contributed by atoms with Crippen LogP contribution < -0.4 is 5.73 Å². The average molecular weight is 263 g/mol. The first kappa shape index (κ1) is 14.4. The summed E-state index contributed by atoms with van der Waals surface area (Å²) in [6, 6.07) is 0. The van der Waals surface area contributed by atoms with E-state index < -0.39 is 0 Å². The Labute approximate surface area is 115 Å². The summed E-state index contributed by atoms with van der Waals surface area (Å²) in [4.78, 5) is 9.48. The highest BCUT2D eigenvalue weighted by Gasteiger charge is 2.20. The van der Waals surface area contributed by atoms with Crippen molar-refractivity contribution in [3.05, 3.63) is 22.8 Å². The molecule has 0 aliphatic carbocycles. The maximum Gasteiger partial charge on any atom is 0.132 e. The first-order chi connectivity index (χ1) is 9.11. The zero-order valence-corrected chi connectivity index (χ0v) is 12.3. The van der Waals surface area contributed by atoms with Gasteiger partial charge in [0, 0.05) is 30.5 Å². The molecule has 0 spiro atoms. The Morgan fingerprint density at radius 2 is 1.79 bits per heavy atom. The molecule has 4 nitrogen and oxygen atoms in total. The standard InChI is InChI=1S/C15H25N3O/c1-10(9-16)8-14-11(2)17-15(18-12(14)3)13-4-6-19-7-5-13/h10,13H,4-9,16H2,1-3H3. The lowest BCUT2D eigenvalue weighted by Crippen LogP contribution is -2.19. The highest BCUT2D eigenvalue weighted by molar-refractivity contribution is 5.25. The molecule has 106 valence electrons. The second-order valence-electron chi connectivity index (χ2n) is 5.66.